The highest BCUT2D eigenvalue weighted by atomic mass is 16.5. The van der Waals surface area contributed by atoms with Crippen molar-refractivity contribution in [1.82, 2.24) is 0 Å². The fourth-order valence-corrected chi connectivity index (χ4v) is 5.29. The van der Waals surface area contributed by atoms with Gasteiger partial charge in [0.2, 0.25) is 0 Å². The monoisotopic (exact) mass is 470 g/mol. The molecule has 0 spiro atoms. The smallest absolute Gasteiger partial charge is 0.343 e. The van der Waals surface area contributed by atoms with E-state index < -0.39 is 11.9 Å². The SMILES string of the molecule is COC(=O)c1cccc(C(=O)Oc2ccc(C3(c4ccc(C)cc4)CCCC(C)CCC3)cc2)c1. The topological polar surface area (TPSA) is 52.6 Å². The average molecular weight is 471 g/mol. The Hall–Kier alpha value is -3.40. The predicted octanol–water partition coefficient (Wildman–Crippen LogP) is 7.28. The van der Waals surface area contributed by atoms with Crippen molar-refractivity contribution in [3.05, 3.63) is 101 Å². The summed E-state index contributed by atoms with van der Waals surface area (Å²) in [5, 5.41) is 0. The Morgan fingerprint density at radius 2 is 1.34 bits per heavy atom. The summed E-state index contributed by atoms with van der Waals surface area (Å²) in [7, 11) is 1.31. The molecular formula is C31H34O4. The van der Waals surface area contributed by atoms with Crippen molar-refractivity contribution in [2.45, 2.75) is 57.8 Å². The first kappa shape index (κ1) is 24.7. The molecule has 0 aliphatic heterocycles. The van der Waals surface area contributed by atoms with E-state index in [1.54, 1.807) is 18.2 Å². The van der Waals surface area contributed by atoms with Crippen LogP contribution in [0.25, 0.3) is 0 Å². The molecule has 4 rings (SSSR count). The first-order valence-corrected chi connectivity index (χ1v) is 12.5. The fraction of sp³-hybridized carbons (Fsp3) is 0.355. The maximum Gasteiger partial charge on any atom is 0.343 e. The zero-order valence-electron chi connectivity index (χ0n) is 20.9. The van der Waals surface area contributed by atoms with Gasteiger partial charge < -0.3 is 9.47 Å². The van der Waals surface area contributed by atoms with Crippen molar-refractivity contribution in [2.24, 2.45) is 5.92 Å². The summed E-state index contributed by atoms with van der Waals surface area (Å²) >= 11 is 0. The lowest BCUT2D eigenvalue weighted by atomic mass is 9.66. The molecule has 1 aliphatic carbocycles. The summed E-state index contributed by atoms with van der Waals surface area (Å²) < 4.78 is 10.4. The molecule has 0 heterocycles. The highest BCUT2D eigenvalue weighted by Crippen LogP contribution is 2.44. The second-order valence-electron chi connectivity index (χ2n) is 9.82. The largest absolute Gasteiger partial charge is 0.465 e. The van der Waals surface area contributed by atoms with Crippen LogP contribution in [0.5, 0.6) is 5.75 Å². The summed E-state index contributed by atoms with van der Waals surface area (Å²) in [5.41, 5.74) is 4.48. The summed E-state index contributed by atoms with van der Waals surface area (Å²) in [5.74, 6) is 0.280. The van der Waals surface area contributed by atoms with Crippen LogP contribution >= 0.6 is 0 Å². The van der Waals surface area contributed by atoms with E-state index in [0.29, 0.717) is 16.9 Å². The molecule has 0 atom stereocenters. The summed E-state index contributed by atoms with van der Waals surface area (Å²) in [6.45, 7) is 4.49. The fourth-order valence-electron chi connectivity index (χ4n) is 5.29. The number of rotatable bonds is 5. The summed E-state index contributed by atoms with van der Waals surface area (Å²) in [6.07, 6.45) is 7.13. The van der Waals surface area contributed by atoms with E-state index >= 15 is 0 Å². The first-order chi connectivity index (χ1) is 16.9. The van der Waals surface area contributed by atoms with Gasteiger partial charge in [-0.2, -0.15) is 0 Å². The molecule has 4 heteroatoms. The Bertz CT molecular complexity index is 1150. The van der Waals surface area contributed by atoms with Crippen LogP contribution in [0.2, 0.25) is 0 Å². The van der Waals surface area contributed by atoms with E-state index in [0.717, 1.165) is 18.8 Å². The minimum Gasteiger partial charge on any atom is -0.465 e. The van der Waals surface area contributed by atoms with Crippen molar-refractivity contribution in [2.75, 3.05) is 7.11 Å². The van der Waals surface area contributed by atoms with Gasteiger partial charge in [-0.3, -0.25) is 0 Å². The molecule has 182 valence electrons. The van der Waals surface area contributed by atoms with E-state index in [-0.39, 0.29) is 5.41 Å². The van der Waals surface area contributed by atoms with E-state index in [9.17, 15) is 9.59 Å². The van der Waals surface area contributed by atoms with Gasteiger partial charge in [0, 0.05) is 5.41 Å². The van der Waals surface area contributed by atoms with Crippen LogP contribution in [0, 0.1) is 12.8 Å². The number of ether oxygens (including phenoxy) is 2. The lowest BCUT2D eigenvalue weighted by molar-refractivity contribution is 0.0600. The van der Waals surface area contributed by atoms with Gasteiger partial charge >= 0.3 is 11.9 Å². The number of carbonyl (C=O) groups excluding carboxylic acids is 2. The molecule has 1 saturated carbocycles. The Balaban J connectivity index is 1.58. The van der Waals surface area contributed by atoms with Crippen LogP contribution in [0.15, 0.2) is 72.8 Å². The Labute approximate surface area is 208 Å². The van der Waals surface area contributed by atoms with Gasteiger partial charge in [0.15, 0.2) is 0 Å². The quantitative estimate of drug-likeness (QED) is 0.290. The molecule has 0 saturated heterocycles. The second-order valence-corrected chi connectivity index (χ2v) is 9.82. The van der Waals surface area contributed by atoms with Gasteiger partial charge in [0.05, 0.1) is 18.2 Å². The minimum absolute atomic E-state index is 0.0365. The zero-order chi connectivity index (χ0) is 24.8. The van der Waals surface area contributed by atoms with Crippen LogP contribution < -0.4 is 4.74 Å². The highest BCUT2D eigenvalue weighted by Gasteiger charge is 2.34. The van der Waals surface area contributed by atoms with Crippen molar-refractivity contribution in [3.8, 4) is 5.75 Å². The first-order valence-electron chi connectivity index (χ1n) is 12.5. The van der Waals surface area contributed by atoms with E-state index in [4.69, 9.17) is 9.47 Å². The molecule has 3 aromatic rings. The number of esters is 2. The molecule has 0 aromatic heterocycles. The standard InChI is InChI=1S/C31H34O4/c1-22-7-5-19-31(20-6-8-22,26-13-11-23(2)12-14-26)27-15-17-28(18-16-27)35-30(33)25-10-4-9-24(21-25)29(32)34-3/h4,9-18,21-22H,5-8,19-20H2,1-3H3. The third kappa shape index (κ3) is 5.64. The van der Waals surface area contributed by atoms with Crippen LogP contribution in [-0.4, -0.2) is 19.0 Å². The molecule has 4 nitrogen and oxygen atoms in total. The summed E-state index contributed by atoms with van der Waals surface area (Å²) in [6, 6.07) is 23.3. The minimum atomic E-state index is -0.503. The van der Waals surface area contributed by atoms with Gasteiger partial charge in [0.25, 0.3) is 0 Å². The van der Waals surface area contributed by atoms with Crippen LogP contribution in [0.3, 0.4) is 0 Å². The van der Waals surface area contributed by atoms with Gasteiger partial charge in [0.1, 0.15) is 5.75 Å². The molecule has 0 radical (unpaired) electrons. The number of aryl methyl sites for hydroxylation is 1. The number of methoxy groups -OCH3 is 1. The Morgan fingerprint density at radius 3 is 1.91 bits per heavy atom. The predicted molar refractivity (Wildman–Crippen MR) is 138 cm³/mol. The number of benzene rings is 3. The molecule has 1 fully saturated rings. The molecular weight excluding hydrogens is 436 g/mol. The molecule has 1 aliphatic rings. The lowest BCUT2D eigenvalue weighted by Gasteiger charge is -2.38. The van der Waals surface area contributed by atoms with E-state index in [1.165, 1.54) is 55.5 Å². The Morgan fingerprint density at radius 1 is 0.800 bits per heavy atom. The zero-order valence-corrected chi connectivity index (χ0v) is 20.9. The van der Waals surface area contributed by atoms with Crippen molar-refractivity contribution >= 4 is 11.9 Å². The third-order valence-corrected chi connectivity index (χ3v) is 7.34. The normalized spacial score (nSPS) is 20.4. The molecule has 0 unspecified atom stereocenters. The average Bonchev–Trinajstić information content (AvgIpc) is 2.87. The third-order valence-electron chi connectivity index (χ3n) is 7.34. The lowest BCUT2D eigenvalue weighted by Crippen LogP contribution is -2.29. The van der Waals surface area contributed by atoms with Gasteiger partial charge in [-0.1, -0.05) is 80.6 Å². The number of carbonyl (C=O) groups is 2. The van der Waals surface area contributed by atoms with Crippen LogP contribution in [-0.2, 0) is 10.2 Å². The van der Waals surface area contributed by atoms with Crippen molar-refractivity contribution in [1.29, 1.82) is 0 Å². The molecule has 35 heavy (non-hydrogen) atoms. The molecule has 0 amide bonds. The number of hydrogen-bond donors (Lipinski definition) is 0. The highest BCUT2D eigenvalue weighted by molar-refractivity contribution is 5.96. The van der Waals surface area contributed by atoms with Gasteiger partial charge in [-0.05, 0) is 67.1 Å². The van der Waals surface area contributed by atoms with E-state index in [2.05, 4.69) is 50.2 Å². The van der Waals surface area contributed by atoms with Crippen LogP contribution in [0.1, 0.15) is 82.9 Å². The second kappa shape index (κ2) is 10.9. The molecule has 0 bridgehead atoms. The van der Waals surface area contributed by atoms with Gasteiger partial charge in [-0.25, -0.2) is 9.59 Å². The van der Waals surface area contributed by atoms with Crippen molar-refractivity contribution in [3.63, 3.8) is 0 Å². The van der Waals surface area contributed by atoms with Gasteiger partial charge in [-0.15, -0.1) is 0 Å². The van der Waals surface area contributed by atoms with E-state index in [1.807, 2.05) is 12.1 Å². The summed E-state index contributed by atoms with van der Waals surface area (Å²) in [4.78, 5) is 24.5. The maximum atomic E-state index is 12.7. The maximum absolute atomic E-state index is 12.7. The van der Waals surface area contributed by atoms with Crippen LogP contribution in [0.4, 0.5) is 0 Å². The van der Waals surface area contributed by atoms with Crippen molar-refractivity contribution < 1.29 is 19.1 Å². The molecule has 3 aromatic carbocycles. The Kier molecular flexibility index (Phi) is 7.70. The number of hydrogen-bond acceptors (Lipinski definition) is 4. The molecule has 0 N–H and O–H groups in total.